The molecule has 4 aromatic rings. The molecule has 0 unspecified atom stereocenters. The van der Waals surface area contributed by atoms with Gasteiger partial charge in [0.1, 0.15) is 17.3 Å². The highest BCUT2D eigenvalue weighted by Crippen LogP contribution is 2.25. The van der Waals surface area contributed by atoms with E-state index in [-0.39, 0.29) is 17.2 Å². The Morgan fingerprint density at radius 3 is 2.40 bits per heavy atom. The molecule has 0 saturated heterocycles. The minimum Gasteiger partial charge on any atom is -0.318 e. The van der Waals surface area contributed by atoms with E-state index >= 15 is 0 Å². The standard InChI is InChI=1S/C24H19F2N3O/c1-15-7-8-16(2)22(13-15)29-23(24(30)27-20-6-4-3-5-19(20)26)14-21(28-29)17-9-11-18(25)12-10-17/h3-14H,1-2H3,(H,27,30). The van der Waals surface area contributed by atoms with Gasteiger partial charge in [0.15, 0.2) is 0 Å². The summed E-state index contributed by atoms with van der Waals surface area (Å²) in [7, 11) is 0. The predicted octanol–water partition coefficient (Wildman–Crippen LogP) is 5.69. The van der Waals surface area contributed by atoms with Gasteiger partial charge in [-0.25, -0.2) is 13.5 Å². The molecule has 4 nitrogen and oxygen atoms in total. The lowest BCUT2D eigenvalue weighted by Crippen LogP contribution is -2.18. The lowest BCUT2D eigenvalue weighted by Gasteiger charge is -2.12. The lowest BCUT2D eigenvalue weighted by molar-refractivity contribution is 0.101. The van der Waals surface area contributed by atoms with Crippen LogP contribution in [-0.2, 0) is 0 Å². The van der Waals surface area contributed by atoms with Gasteiger partial charge >= 0.3 is 0 Å². The van der Waals surface area contributed by atoms with Crippen molar-refractivity contribution in [1.82, 2.24) is 9.78 Å². The maximum atomic E-state index is 14.0. The average Bonchev–Trinajstić information content (AvgIpc) is 3.17. The van der Waals surface area contributed by atoms with Crippen LogP contribution in [0.1, 0.15) is 21.6 Å². The number of rotatable bonds is 4. The van der Waals surface area contributed by atoms with Gasteiger partial charge in [-0.15, -0.1) is 0 Å². The third-order valence-electron chi connectivity index (χ3n) is 4.80. The Kier molecular flexibility index (Phi) is 5.14. The normalized spacial score (nSPS) is 10.8. The molecule has 4 rings (SSSR count). The van der Waals surface area contributed by atoms with Crippen LogP contribution in [0.2, 0.25) is 0 Å². The van der Waals surface area contributed by atoms with Gasteiger partial charge in [0.2, 0.25) is 0 Å². The van der Waals surface area contributed by atoms with Gasteiger partial charge in [-0.2, -0.15) is 5.10 Å². The van der Waals surface area contributed by atoms with Crippen LogP contribution in [-0.4, -0.2) is 15.7 Å². The third kappa shape index (κ3) is 3.85. The van der Waals surface area contributed by atoms with E-state index in [4.69, 9.17) is 0 Å². The van der Waals surface area contributed by atoms with Gasteiger partial charge in [-0.3, -0.25) is 4.79 Å². The van der Waals surface area contributed by atoms with E-state index in [2.05, 4.69) is 10.4 Å². The molecular weight excluding hydrogens is 384 g/mol. The molecule has 0 saturated carbocycles. The van der Waals surface area contributed by atoms with E-state index in [9.17, 15) is 13.6 Å². The molecule has 0 atom stereocenters. The van der Waals surface area contributed by atoms with Gasteiger partial charge in [-0.1, -0.05) is 24.3 Å². The Labute approximate surface area is 172 Å². The lowest BCUT2D eigenvalue weighted by atomic mass is 10.1. The zero-order valence-corrected chi connectivity index (χ0v) is 16.5. The number of anilines is 1. The summed E-state index contributed by atoms with van der Waals surface area (Å²) in [5.41, 5.74) is 4.17. The average molecular weight is 403 g/mol. The van der Waals surface area contributed by atoms with Crippen molar-refractivity contribution < 1.29 is 13.6 Å². The van der Waals surface area contributed by atoms with Crippen molar-refractivity contribution >= 4 is 11.6 Å². The molecule has 3 aromatic carbocycles. The van der Waals surface area contributed by atoms with Crippen LogP contribution in [0.15, 0.2) is 72.8 Å². The number of halogens is 2. The zero-order chi connectivity index (χ0) is 21.3. The van der Waals surface area contributed by atoms with Gasteiger partial charge in [-0.05, 0) is 73.5 Å². The summed E-state index contributed by atoms with van der Waals surface area (Å²) in [6, 6.07) is 19.3. The fourth-order valence-electron chi connectivity index (χ4n) is 3.18. The van der Waals surface area contributed by atoms with Crippen molar-refractivity contribution in [3.63, 3.8) is 0 Å². The largest absolute Gasteiger partial charge is 0.318 e. The highest BCUT2D eigenvalue weighted by Gasteiger charge is 2.20. The van der Waals surface area contributed by atoms with Crippen LogP contribution in [0.4, 0.5) is 14.5 Å². The summed E-state index contributed by atoms with van der Waals surface area (Å²) < 4.78 is 28.9. The van der Waals surface area contributed by atoms with E-state index in [0.717, 1.165) is 16.8 Å². The van der Waals surface area contributed by atoms with E-state index in [0.29, 0.717) is 11.3 Å². The SMILES string of the molecule is Cc1ccc(C)c(-n2nc(-c3ccc(F)cc3)cc2C(=O)Nc2ccccc2F)c1. The summed E-state index contributed by atoms with van der Waals surface area (Å²) in [5, 5.41) is 7.22. The maximum absolute atomic E-state index is 14.0. The third-order valence-corrected chi connectivity index (χ3v) is 4.80. The van der Waals surface area contributed by atoms with Crippen molar-refractivity contribution in [3.05, 3.63) is 101 Å². The summed E-state index contributed by atoms with van der Waals surface area (Å²) in [6.07, 6.45) is 0. The minimum absolute atomic E-state index is 0.0829. The monoisotopic (exact) mass is 403 g/mol. The first kappa shape index (κ1) is 19.5. The predicted molar refractivity (Wildman–Crippen MR) is 113 cm³/mol. The molecule has 150 valence electrons. The summed E-state index contributed by atoms with van der Waals surface area (Å²) in [4.78, 5) is 13.1. The summed E-state index contributed by atoms with van der Waals surface area (Å²) in [6.45, 7) is 3.87. The summed E-state index contributed by atoms with van der Waals surface area (Å²) in [5.74, 6) is -1.38. The second-order valence-electron chi connectivity index (χ2n) is 7.06. The number of amides is 1. The van der Waals surface area contributed by atoms with E-state index in [1.165, 1.54) is 28.9 Å². The van der Waals surface area contributed by atoms with Crippen molar-refractivity contribution in [2.45, 2.75) is 13.8 Å². The summed E-state index contributed by atoms with van der Waals surface area (Å²) >= 11 is 0. The van der Waals surface area contributed by atoms with Crippen LogP contribution in [0.5, 0.6) is 0 Å². The minimum atomic E-state index is -0.526. The van der Waals surface area contributed by atoms with Crippen LogP contribution < -0.4 is 5.32 Å². The molecule has 1 heterocycles. The Balaban J connectivity index is 1.83. The Morgan fingerprint density at radius 2 is 1.67 bits per heavy atom. The van der Waals surface area contributed by atoms with Gasteiger partial charge in [0.25, 0.3) is 5.91 Å². The fourth-order valence-corrected chi connectivity index (χ4v) is 3.18. The highest BCUT2D eigenvalue weighted by molar-refractivity contribution is 6.04. The number of para-hydroxylation sites is 1. The van der Waals surface area contributed by atoms with Crippen molar-refractivity contribution in [2.75, 3.05) is 5.32 Å². The number of carbonyl (C=O) groups excluding carboxylic acids is 1. The molecule has 0 aliphatic rings. The van der Waals surface area contributed by atoms with Gasteiger partial charge in [0, 0.05) is 5.56 Å². The fraction of sp³-hybridized carbons (Fsp3) is 0.0833. The topological polar surface area (TPSA) is 46.9 Å². The van der Waals surface area contributed by atoms with E-state index in [1.807, 2.05) is 32.0 Å². The Morgan fingerprint density at radius 1 is 0.933 bits per heavy atom. The number of carbonyl (C=O) groups is 1. The molecule has 0 spiro atoms. The number of nitrogens with one attached hydrogen (secondary N) is 1. The van der Waals surface area contributed by atoms with Crippen LogP contribution >= 0.6 is 0 Å². The van der Waals surface area contributed by atoms with E-state index in [1.54, 1.807) is 30.3 Å². The highest BCUT2D eigenvalue weighted by atomic mass is 19.1. The molecule has 1 aromatic heterocycles. The Hall–Kier alpha value is -3.80. The maximum Gasteiger partial charge on any atom is 0.274 e. The van der Waals surface area contributed by atoms with Crippen molar-refractivity contribution in [1.29, 1.82) is 0 Å². The second kappa shape index (κ2) is 7.91. The van der Waals surface area contributed by atoms with Gasteiger partial charge < -0.3 is 5.32 Å². The van der Waals surface area contributed by atoms with Crippen molar-refractivity contribution in [3.8, 4) is 16.9 Å². The number of nitrogens with zero attached hydrogens (tertiary/aromatic N) is 2. The zero-order valence-electron chi connectivity index (χ0n) is 16.5. The molecule has 1 N–H and O–H groups in total. The Bertz CT molecular complexity index is 1230. The molecule has 0 aliphatic carbocycles. The van der Waals surface area contributed by atoms with Crippen molar-refractivity contribution in [2.24, 2.45) is 0 Å². The molecule has 6 heteroatoms. The van der Waals surface area contributed by atoms with Gasteiger partial charge in [0.05, 0.1) is 17.1 Å². The number of aromatic nitrogens is 2. The van der Waals surface area contributed by atoms with Crippen LogP contribution in [0.3, 0.4) is 0 Å². The van der Waals surface area contributed by atoms with Crippen LogP contribution in [0, 0.1) is 25.5 Å². The number of hydrogen-bond donors (Lipinski definition) is 1. The number of hydrogen-bond acceptors (Lipinski definition) is 2. The molecule has 0 bridgehead atoms. The second-order valence-corrected chi connectivity index (χ2v) is 7.06. The molecule has 1 amide bonds. The smallest absolute Gasteiger partial charge is 0.274 e. The number of aryl methyl sites for hydroxylation is 2. The molecule has 0 aliphatic heterocycles. The first-order chi connectivity index (χ1) is 14.4. The first-order valence-electron chi connectivity index (χ1n) is 9.42. The van der Waals surface area contributed by atoms with Crippen LogP contribution in [0.25, 0.3) is 16.9 Å². The molecule has 30 heavy (non-hydrogen) atoms. The first-order valence-corrected chi connectivity index (χ1v) is 9.42. The molecule has 0 radical (unpaired) electrons. The van der Waals surface area contributed by atoms with E-state index < -0.39 is 11.7 Å². The molecular formula is C24H19F2N3O. The molecule has 0 fully saturated rings. The quantitative estimate of drug-likeness (QED) is 0.476. The number of benzene rings is 3.